The Morgan fingerprint density at radius 1 is 1.07 bits per heavy atom. The number of guanidine groups is 1. The molecule has 0 aromatic carbocycles. The van der Waals surface area contributed by atoms with E-state index in [0.29, 0.717) is 11.7 Å². The summed E-state index contributed by atoms with van der Waals surface area (Å²) < 4.78 is 1.85. The van der Waals surface area contributed by atoms with Crippen molar-refractivity contribution in [2.24, 2.45) is 4.99 Å². The number of hydrogen-bond donors (Lipinski definition) is 2. The Hall–Kier alpha value is -2.93. The van der Waals surface area contributed by atoms with Crippen molar-refractivity contribution in [2.75, 3.05) is 13.1 Å². The second-order valence-electron chi connectivity index (χ2n) is 6.72. The standard InChI is InChI=1S/C21H26ClN7/c1-4-23-21(24-10-9-17-5-7-19(22)25-12-17)27-14-18-6-8-20(26-13-18)29-16(3)11-15(2)28-29/h5-8,11-13H,4,9-10,14H2,1-3H3,(H2,23,24,27). The summed E-state index contributed by atoms with van der Waals surface area (Å²) in [5.41, 5.74) is 4.21. The third-order valence-corrected chi connectivity index (χ3v) is 4.52. The molecule has 29 heavy (non-hydrogen) atoms. The fourth-order valence-electron chi connectivity index (χ4n) is 2.89. The first kappa shape index (κ1) is 20.8. The molecule has 0 amide bonds. The summed E-state index contributed by atoms with van der Waals surface area (Å²) in [4.78, 5) is 13.3. The summed E-state index contributed by atoms with van der Waals surface area (Å²) in [7, 11) is 0. The summed E-state index contributed by atoms with van der Waals surface area (Å²) in [5.74, 6) is 1.59. The summed E-state index contributed by atoms with van der Waals surface area (Å²) in [6.45, 7) is 8.14. The average molecular weight is 412 g/mol. The van der Waals surface area contributed by atoms with Gasteiger partial charge in [0.1, 0.15) is 5.15 Å². The third kappa shape index (κ3) is 6.02. The van der Waals surface area contributed by atoms with E-state index in [9.17, 15) is 0 Å². The first-order valence-corrected chi connectivity index (χ1v) is 10.0. The monoisotopic (exact) mass is 411 g/mol. The number of nitrogens with one attached hydrogen (secondary N) is 2. The smallest absolute Gasteiger partial charge is 0.191 e. The van der Waals surface area contributed by atoms with Crippen molar-refractivity contribution in [2.45, 2.75) is 33.7 Å². The van der Waals surface area contributed by atoms with Crippen LogP contribution in [-0.2, 0) is 13.0 Å². The van der Waals surface area contributed by atoms with Gasteiger partial charge in [-0.1, -0.05) is 23.7 Å². The highest BCUT2D eigenvalue weighted by Gasteiger charge is 2.05. The molecule has 3 rings (SSSR count). The maximum absolute atomic E-state index is 5.82. The lowest BCUT2D eigenvalue weighted by Crippen LogP contribution is -2.38. The number of pyridine rings is 2. The molecular weight excluding hydrogens is 386 g/mol. The Balaban J connectivity index is 1.57. The highest BCUT2D eigenvalue weighted by molar-refractivity contribution is 6.29. The van der Waals surface area contributed by atoms with Crippen molar-refractivity contribution in [3.05, 3.63) is 70.4 Å². The van der Waals surface area contributed by atoms with E-state index in [1.807, 2.05) is 55.9 Å². The van der Waals surface area contributed by atoms with Gasteiger partial charge in [0.05, 0.1) is 12.2 Å². The van der Waals surface area contributed by atoms with Gasteiger partial charge in [0.15, 0.2) is 11.8 Å². The van der Waals surface area contributed by atoms with Crippen LogP contribution < -0.4 is 10.6 Å². The van der Waals surface area contributed by atoms with Crippen LogP contribution in [0.3, 0.4) is 0 Å². The predicted molar refractivity (Wildman–Crippen MR) is 117 cm³/mol. The molecule has 0 saturated carbocycles. The lowest BCUT2D eigenvalue weighted by Gasteiger charge is -2.11. The molecule has 0 unspecified atom stereocenters. The van der Waals surface area contributed by atoms with Crippen LogP contribution in [0.25, 0.3) is 5.82 Å². The summed E-state index contributed by atoms with van der Waals surface area (Å²) in [5, 5.41) is 11.6. The van der Waals surface area contributed by atoms with Gasteiger partial charge >= 0.3 is 0 Å². The molecule has 0 bridgehead atoms. The van der Waals surface area contributed by atoms with E-state index in [1.54, 1.807) is 12.3 Å². The van der Waals surface area contributed by atoms with Gasteiger partial charge in [0, 0.05) is 31.2 Å². The number of halogens is 1. The number of nitrogens with zero attached hydrogens (tertiary/aromatic N) is 5. The van der Waals surface area contributed by atoms with Gasteiger partial charge in [-0.2, -0.15) is 5.10 Å². The molecule has 0 aliphatic carbocycles. The van der Waals surface area contributed by atoms with Crippen LogP contribution in [0.15, 0.2) is 47.7 Å². The average Bonchev–Trinajstić information content (AvgIpc) is 3.06. The number of rotatable bonds is 7. The highest BCUT2D eigenvalue weighted by Crippen LogP contribution is 2.11. The van der Waals surface area contributed by atoms with Gasteiger partial charge in [-0.15, -0.1) is 0 Å². The molecule has 0 saturated heterocycles. The van der Waals surface area contributed by atoms with Crippen molar-refractivity contribution < 1.29 is 0 Å². The fraction of sp³-hybridized carbons (Fsp3) is 0.333. The van der Waals surface area contributed by atoms with Crippen LogP contribution in [-0.4, -0.2) is 38.8 Å². The van der Waals surface area contributed by atoms with Gasteiger partial charge in [0.2, 0.25) is 0 Å². The number of aromatic nitrogens is 4. The van der Waals surface area contributed by atoms with Gasteiger partial charge in [-0.05, 0) is 56.5 Å². The van der Waals surface area contributed by atoms with Crippen molar-refractivity contribution >= 4 is 17.6 Å². The quantitative estimate of drug-likeness (QED) is 0.354. The molecule has 0 spiro atoms. The molecule has 0 fully saturated rings. The lowest BCUT2D eigenvalue weighted by atomic mass is 10.2. The van der Waals surface area contributed by atoms with Crippen LogP contribution in [0.4, 0.5) is 0 Å². The van der Waals surface area contributed by atoms with E-state index in [0.717, 1.165) is 53.8 Å². The molecule has 0 atom stereocenters. The lowest BCUT2D eigenvalue weighted by molar-refractivity contribution is 0.793. The first-order chi connectivity index (χ1) is 14.0. The Morgan fingerprint density at radius 3 is 2.48 bits per heavy atom. The number of aliphatic imine (C=N–C) groups is 1. The van der Waals surface area contributed by atoms with Gasteiger partial charge in [0.25, 0.3) is 0 Å². The predicted octanol–water partition coefficient (Wildman–Crippen LogP) is 3.23. The van der Waals surface area contributed by atoms with E-state index >= 15 is 0 Å². The van der Waals surface area contributed by atoms with Crippen LogP contribution in [0.5, 0.6) is 0 Å². The molecule has 3 heterocycles. The molecule has 0 aliphatic rings. The van der Waals surface area contributed by atoms with Crippen LogP contribution in [0.1, 0.15) is 29.4 Å². The summed E-state index contributed by atoms with van der Waals surface area (Å²) in [6.07, 6.45) is 4.48. The molecule has 2 N–H and O–H groups in total. The van der Waals surface area contributed by atoms with E-state index in [1.165, 1.54) is 0 Å². The fourth-order valence-corrected chi connectivity index (χ4v) is 3.00. The van der Waals surface area contributed by atoms with E-state index < -0.39 is 0 Å². The first-order valence-electron chi connectivity index (χ1n) is 9.66. The van der Waals surface area contributed by atoms with Crippen LogP contribution >= 0.6 is 11.6 Å². The topological polar surface area (TPSA) is 80.0 Å². The van der Waals surface area contributed by atoms with Crippen molar-refractivity contribution in [1.29, 1.82) is 0 Å². The molecule has 3 aromatic rings. The Kier molecular flexibility index (Phi) is 7.19. The van der Waals surface area contributed by atoms with Gasteiger partial charge in [-0.3, -0.25) is 0 Å². The van der Waals surface area contributed by atoms with E-state index in [-0.39, 0.29) is 0 Å². The minimum absolute atomic E-state index is 0.508. The molecule has 0 radical (unpaired) electrons. The summed E-state index contributed by atoms with van der Waals surface area (Å²) >= 11 is 5.82. The zero-order chi connectivity index (χ0) is 20.6. The van der Waals surface area contributed by atoms with Gasteiger partial charge < -0.3 is 10.6 Å². The second kappa shape index (κ2) is 10.0. The van der Waals surface area contributed by atoms with Gasteiger partial charge in [-0.25, -0.2) is 19.6 Å². The molecule has 152 valence electrons. The Labute approximate surface area is 176 Å². The van der Waals surface area contributed by atoms with Crippen molar-refractivity contribution in [3.63, 3.8) is 0 Å². The van der Waals surface area contributed by atoms with E-state index in [4.69, 9.17) is 11.6 Å². The minimum atomic E-state index is 0.508. The molecule has 7 nitrogen and oxygen atoms in total. The SMILES string of the molecule is CCNC(=NCc1ccc(-n2nc(C)cc2C)nc1)NCCc1ccc(Cl)nc1. The summed E-state index contributed by atoms with van der Waals surface area (Å²) in [6, 6.07) is 9.83. The highest BCUT2D eigenvalue weighted by atomic mass is 35.5. The molecular formula is C21H26ClN7. The van der Waals surface area contributed by atoms with Crippen LogP contribution in [0, 0.1) is 13.8 Å². The third-order valence-electron chi connectivity index (χ3n) is 4.29. The molecule has 0 aliphatic heterocycles. The maximum Gasteiger partial charge on any atom is 0.191 e. The van der Waals surface area contributed by atoms with Crippen LogP contribution in [0.2, 0.25) is 5.15 Å². The normalized spacial score (nSPS) is 11.5. The van der Waals surface area contributed by atoms with Crippen molar-refractivity contribution in [1.82, 2.24) is 30.4 Å². The number of hydrogen-bond acceptors (Lipinski definition) is 4. The number of aryl methyl sites for hydroxylation is 2. The van der Waals surface area contributed by atoms with Crippen molar-refractivity contribution in [3.8, 4) is 5.82 Å². The van der Waals surface area contributed by atoms with E-state index in [2.05, 4.69) is 30.7 Å². The second-order valence-corrected chi connectivity index (χ2v) is 7.11. The molecule has 3 aromatic heterocycles. The Morgan fingerprint density at radius 2 is 1.86 bits per heavy atom. The largest absolute Gasteiger partial charge is 0.357 e. The Bertz CT molecular complexity index is 946. The minimum Gasteiger partial charge on any atom is -0.357 e. The molecule has 8 heteroatoms. The zero-order valence-corrected chi connectivity index (χ0v) is 17.7. The maximum atomic E-state index is 5.82. The zero-order valence-electron chi connectivity index (χ0n) is 17.0.